The molecule has 1 aliphatic carbocycles. The highest BCUT2D eigenvalue weighted by Crippen LogP contribution is 2.24. The van der Waals surface area contributed by atoms with E-state index in [0.29, 0.717) is 23.2 Å². The van der Waals surface area contributed by atoms with E-state index < -0.39 is 0 Å². The Hall–Kier alpha value is -2.15. The highest BCUT2D eigenvalue weighted by molar-refractivity contribution is 6.29. The van der Waals surface area contributed by atoms with Crippen molar-refractivity contribution in [3.63, 3.8) is 0 Å². The van der Waals surface area contributed by atoms with Gasteiger partial charge in [0.2, 0.25) is 5.95 Å². The van der Waals surface area contributed by atoms with E-state index in [4.69, 9.17) is 11.6 Å². The molecule has 0 radical (unpaired) electrons. The van der Waals surface area contributed by atoms with Gasteiger partial charge < -0.3 is 15.5 Å². The highest BCUT2D eigenvalue weighted by atomic mass is 35.5. The Morgan fingerprint density at radius 1 is 1.00 bits per heavy atom. The molecule has 1 aliphatic rings. The van der Waals surface area contributed by atoms with Crippen LogP contribution in [-0.2, 0) is 0 Å². The fourth-order valence-corrected chi connectivity index (χ4v) is 3.29. The fourth-order valence-electron chi connectivity index (χ4n) is 3.14. The third-order valence-electron chi connectivity index (χ3n) is 4.39. The SMILES string of the molecule is Cc1cnc(NC2CCC(Nc3cncc(Cl)n3)CC2)nc1N(C)C. The van der Waals surface area contributed by atoms with Gasteiger partial charge in [-0.2, -0.15) is 4.98 Å². The molecule has 0 amide bonds. The Morgan fingerprint density at radius 2 is 1.68 bits per heavy atom. The first kappa shape index (κ1) is 17.7. The average Bonchev–Trinajstić information content (AvgIpc) is 2.58. The standard InChI is InChI=1S/C17H24ClN7/c1-11-8-20-17(24-16(11)25(2)3)22-13-6-4-12(5-7-13)21-15-10-19-9-14(18)23-15/h8-10,12-13H,4-7H2,1-3H3,(H,21,23)(H,20,22,24). The van der Waals surface area contributed by atoms with Crippen LogP contribution >= 0.6 is 11.6 Å². The predicted molar refractivity (Wildman–Crippen MR) is 101 cm³/mol. The molecule has 2 N–H and O–H groups in total. The normalized spacial score (nSPS) is 20.2. The van der Waals surface area contributed by atoms with Crippen molar-refractivity contribution in [3.8, 4) is 0 Å². The number of nitrogens with one attached hydrogen (secondary N) is 2. The van der Waals surface area contributed by atoms with Crippen LogP contribution in [0, 0.1) is 6.92 Å². The van der Waals surface area contributed by atoms with Crippen LogP contribution in [-0.4, -0.2) is 46.1 Å². The maximum atomic E-state index is 5.88. The Morgan fingerprint density at radius 3 is 2.32 bits per heavy atom. The summed E-state index contributed by atoms with van der Waals surface area (Å²) in [7, 11) is 3.99. The number of nitrogens with zero attached hydrogens (tertiary/aromatic N) is 5. The van der Waals surface area contributed by atoms with Crippen molar-refractivity contribution in [2.24, 2.45) is 0 Å². The molecule has 8 heteroatoms. The van der Waals surface area contributed by atoms with Gasteiger partial charge >= 0.3 is 0 Å². The first-order chi connectivity index (χ1) is 12.0. The molecule has 1 saturated carbocycles. The van der Waals surface area contributed by atoms with Crippen LogP contribution < -0.4 is 15.5 Å². The summed E-state index contributed by atoms with van der Waals surface area (Å²) in [4.78, 5) is 19.3. The molecule has 1 fully saturated rings. The van der Waals surface area contributed by atoms with Gasteiger partial charge in [-0.15, -0.1) is 0 Å². The van der Waals surface area contributed by atoms with E-state index in [1.165, 1.54) is 6.20 Å². The van der Waals surface area contributed by atoms with Gasteiger partial charge in [0.05, 0.1) is 12.4 Å². The lowest BCUT2D eigenvalue weighted by atomic mass is 9.91. The van der Waals surface area contributed by atoms with E-state index in [-0.39, 0.29) is 0 Å². The lowest BCUT2D eigenvalue weighted by molar-refractivity contribution is 0.426. The first-order valence-electron chi connectivity index (χ1n) is 8.53. The molecular weight excluding hydrogens is 338 g/mol. The van der Waals surface area contributed by atoms with Crippen molar-refractivity contribution in [2.75, 3.05) is 29.6 Å². The minimum Gasteiger partial charge on any atom is -0.366 e. The van der Waals surface area contributed by atoms with Crippen molar-refractivity contribution in [1.29, 1.82) is 0 Å². The largest absolute Gasteiger partial charge is 0.366 e. The molecule has 0 aromatic carbocycles. The minimum atomic E-state index is 0.390. The molecule has 0 saturated heterocycles. The van der Waals surface area contributed by atoms with Gasteiger partial charge in [0.25, 0.3) is 0 Å². The van der Waals surface area contributed by atoms with Crippen LogP contribution in [0.15, 0.2) is 18.6 Å². The Kier molecular flexibility index (Phi) is 5.53. The fraction of sp³-hybridized carbons (Fsp3) is 0.529. The highest BCUT2D eigenvalue weighted by Gasteiger charge is 2.22. The molecule has 0 atom stereocenters. The molecule has 2 aromatic rings. The molecule has 2 heterocycles. The number of halogens is 1. The van der Waals surface area contributed by atoms with Crippen LogP contribution in [0.1, 0.15) is 31.2 Å². The van der Waals surface area contributed by atoms with Crippen LogP contribution in [0.3, 0.4) is 0 Å². The molecule has 3 rings (SSSR count). The van der Waals surface area contributed by atoms with E-state index >= 15 is 0 Å². The van der Waals surface area contributed by atoms with Crippen molar-refractivity contribution in [2.45, 2.75) is 44.7 Å². The number of aromatic nitrogens is 4. The second kappa shape index (κ2) is 7.82. The number of hydrogen-bond acceptors (Lipinski definition) is 7. The van der Waals surface area contributed by atoms with E-state index in [2.05, 4.69) is 30.6 Å². The summed E-state index contributed by atoms with van der Waals surface area (Å²) in [5, 5.41) is 7.30. The first-order valence-corrected chi connectivity index (χ1v) is 8.90. The summed E-state index contributed by atoms with van der Waals surface area (Å²) in [6.07, 6.45) is 9.34. The quantitative estimate of drug-likeness (QED) is 0.846. The van der Waals surface area contributed by atoms with E-state index in [1.54, 1.807) is 6.20 Å². The third-order valence-corrected chi connectivity index (χ3v) is 4.57. The van der Waals surface area contributed by atoms with Gasteiger partial charge in [-0.25, -0.2) is 9.97 Å². The lowest BCUT2D eigenvalue weighted by Crippen LogP contribution is -2.33. The van der Waals surface area contributed by atoms with E-state index in [9.17, 15) is 0 Å². The molecule has 25 heavy (non-hydrogen) atoms. The third kappa shape index (κ3) is 4.69. The zero-order valence-corrected chi connectivity index (χ0v) is 15.6. The molecule has 0 aliphatic heterocycles. The van der Waals surface area contributed by atoms with E-state index in [0.717, 1.165) is 42.9 Å². The summed E-state index contributed by atoms with van der Waals surface area (Å²) in [6.45, 7) is 2.02. The van der Waals surface area contributed by atoms with E-state index in [1.807, 2.05) is 32.1 Å². The monoisotopic (exact) mass is 361 g/mol. The summed E-state index contributed by atoms with van der Waals surface area (Å²) in [6, 6.07) is 0.781. The number of anilines is 3. The summed E-state index contributed by atoms with van der Waals surface area (Å²) >= 11 is 5.88. The Labute approximate surface area is 153 Å². The van der Waals surface area contributed by atoms with Crippen LogP contribution in [0.25, 0.3) is 0 Å². The molecular formula is C17H24ClN7. The average molecular weight is 362 g/mol. The van der Waals surface area contributed by atoms with Gasteiger partial charge in [-0.3, -0.25) is 4.98 Å². The summed E-state index contributed by atoms with van der Waals surface area (Å²) in [5.74, 6) is 2.39. The van der Waals surface area contributed by atoms with Crippen molar-refractivity contribution in [3.05, 3.63) is 29.3 Å². The molecule has 2 aromatic heterocycles. The second-order valence-electron chi connectivity index (χ2n) is 6.66. The van der Waals surface area contributed by atoms with Crippen molar-refractivity contribution in [1.82, 2.24) is 19.9 Å². The van der Waals surface area contributed by atoms with Crippen LogP contribution in [0.2, 0.25) is 5.15 Å². The number of hydrogen-bond donors (Lipinski definition) is 2. The molecule has 134 valence electrons. The summed E-state index contributed by atoms with van der Waals surface area (Å²) < 4.78 is 0. The molecule has 7 nitrogen and oxygen atoms in total. The van der Waals surface area contributed by atoms with Crippen molar-refractivity contribution < 1.29 is 0 Å². The molecule has 0 bridgehead atoms. The van der Waals surface area contributed by atoms with Gasteiger partial charge in [0.1, 0.15) is 16.8 Å². The molecule has 0 spiro atoms. The number of aryl methyl sites for hydroxylation is 1. The minimum absolute atomic E-state index is 0.390. The topological polar surface area (TPSA) is 78.9 Å². The van der Waals surface area contributed by atoms with Gasteiger partial charge in [-0.1, -0.05) is 11.6 Å². The van der Waals surface area contributed by atoms with Crippen LogP contribution in [0.4, 0.5) is 17.6 Å². The number of rotatable bonds is 5. The lowest BCUT2D eigenvalue weighted by Gasteiger charge is -2.30. The predicted octanol–water partition coefficient (Wildman–Crippen LogP) is 3.13. The van der Waals surface area contributed by atoms with Gasteiger partial charge in [0.15, 0.2) is 0 Å². The smallest absolute Gasteiger partial charge is 0.224 e. The van der Waals surface area contributed by atoms with Gasteiger partial charge in [0, 0.05) is 37.9 Å². The molecule has 0 unspecified atom stereocenters. The van der Waals surface area contributed by atoms with Crippen LogP contribution in [0.5, 0.6) is 0 Å². The Bertz CT molecular complexity index is 714. The maximum absolute atomic E-state index is 5.88. The zero-order valence-electron chi connectivity index (χ0n) is 14.8. The maximum Gasteiger partial charge on any atom is 0.224 e. The Balaban J connectivity index is 1.53. The zero-order chi connectivity index (χ0) is 17.8. The second-order valence-corrected chi connectivity index (χ2v) is 7.05. The summed E-state index contributed by atoms with van der Waals surface area (Å²) in [5.41, 5.74) is 1.08. The van der Waals surface area contributed by atoms with Gasteiger partial charge in [-0.05, 0) is 32.6 Å². The van der Waals surface area contributed by atoms with Crippen molar-refractivity contribution >= 4 is 29.2 Å².